The van der Waals surface area contributed by atoms with Gasteiger partial charge in [0.2, 0.25) is 0 Å². The zero-order valence-corrected chi connectivity index (χ0v) is 14.0. The van der Waals surface area contributed by atoms with Crippen molar-refractivity contribution in [2.45, 2.75) is 0 Å². The van der Waals surface area contributed by atoms with Crippen LogP contribution < -0.4 is 5.32 Å². The van der Waals surface area contributed by atoms with E-state index in [1.807, 2.05) is 0 Å². The molecule has 1 aromatic carbocycles. The van der Waals surface area contributed by atoms with Gasteiger partial charge in [0, 0.05) is 4.47 Å². The van der Waals surface area contributed by atoms with Gasteiger partial charge in [-0.3, -0.25) is 4.79 Å². The highest BCUT2D eigenvalue weighted by Crippen LogP contribution is 2.36. The van der Waals surface area contributed by atoms with Gasteiger partial charge in [0.05, 0.1) is 21.3 Å². The zero-order chi connectivity index (χ0) is 14.9. The molecular weight excluding hydrogens is 412 g/mol. The maximum Gasteiger partial charge on any atom is 0.259 e. The number of benzene rings is 1. The molecule has 9 heteroatoms. The van der Waals surface area contributed by atoms with E-state index in [-0.39, 0.29) is 20.9 Å². The molecule has 2 aromatic rings. The average molecular weight is 416 g/mol. The summed E-state index contributed by atoms with van der Waals surface area (Å²) in [4.78, 5) is 12.1. The fourth-order valence-electron chi connectivity index (χ4n) is 1.32. The van der Waals surface area contributed by atoms with Gasteiger partial charge < -0.3 is 5.32 Å². The highest BCUT2D eigenvalue weighted by Gasteiger charge is 2.16. The van der Waals surface area contributed by atoms with E-state index in [0.717, 1.165) is 0 Å². The SMILES string of the molecule is O=C(Nc1ccc(Br)c(Cl)c1Cl)c1cc(Cl)nnc1Cl. The van der Waals surface area contributed by atoms with Crippen LogP contribution in [0.1, 0.15) is 10.4 Å². The third kappa shape index (κ3) is 3.35. The van der Waals surface area contributed by atoms with Gasteiger partial charge in [0.1, 0.15) is 0 Å². The van der Waals surface area contributed by atoms with Crippen LogP contribution in [-0.4, -0.2) is 16.1 Å². The standard InChI is InChI=1S/C11H4BrCl4N3O/c12-5-1-2-6(9(15)8(5)14)17-11(20)4-3-7(13)18-19-10(4)16/h1-3H,(H,17,20). The van der Waals surface area contributed by atoms with E-state index < -0.39 is 5.91 Å². The third-order valence-electron chi connectivity index (χ3n) is 2.25. The normalized spacial score (nSPS) is 10.4. The molecule has 0 aliphatic rings. The lowest BCUT2D eigenvalue weighted by atomic mass is 10.2. The van der Waals surface area contributed by atoms with E-state index >= 15 is 0 Å². The molecule has 0 saturated carbocycles. The van der Waals surface area contributed by atoms with Crippen LogP contribution in [0.25, 0.3) is 0 Å². The van der Waals surface area contributed by atoms with E-state index in [1.165, 1.54) is 6.07 Å². The first kappa shape index (κ1) is 15.8. The molecule has 1 aromatic heterocycles. The van der Waals surface area contributed by atoms with Crippen molar-refractivity contribution in [2.75, 3.05) is 5.32 Å². The number of hydrogen-bond donors (Lipinski definition) is 1. The molecule has 4 nitrogen and oxygen atoms in total. The maximum absolute atomic E-state index is 12.1. The molecule has 1 amide bonds. The summed E-state index contributed by atoms with van der Waals surface area (Å²) in [6, 6.07) is 4.56. The number of carbonyl (C=O) groups is 1. The second-order valence-electron chi connectivity index (χ2n) is 3.55. The minimum absolute atomic E-state index is 0.0551. The van der Waals surface area contributed by atoms with Gasteiger partial charge in [-0.15, -0.1) is 10.2 Å². The van der Waals surface area contributed by atoms with Crippen molar-refractivity contribution < 1.29 is 4.79 Å². The molecule has 0 fully saturated rings. The molecule has 0 atom stereocenters. The van der Waals surface area contributed by atoms with Crippen LogP contribution in [-0.2, 0) is 0 Å². The molecular formula is C11H4BrCl4N3O. The molecule has 20 heavy (non-hydrogen) atoms. The van der Waals surface area contributed by atoms with E-state index in [9.17, 15) is 4.79 Å². The summed E-state index contributed by atoms with van der Waals surface area (Å²) in [5, 5.41) is 10.1. The summed E-state index contributed by atoms with van der Waals surface area (Å²) in [5.41, 5.74) is 0.427. The highest BCUT2D eigenvalue weighted by molar-refractivity contribution is 9.10. The van der Waals surface area contributed by atoms with Gasteiger partial charge in [-0.05, 0) is 34.1 Å². The van der Waals surface area contributed by atoms with Crippen LogP contribution in [0.5, 0.6) is 0 Å². The van der Waals surface area contributed by atoms with E-state index in [1.54, 1.807) is 12.1 Å². The van der Waals surface area contributed by atoms with Crippen molar-refractivity contribution in [3.8, 4) is 0 Å². The number of anilines is 1. The van der Waals surface area contributed by atoms with Crippen molar-refractivity contribution in [2.24, 2.45) is 0 Å². The predicted molar refractivity (Wildman–Crippen MR) is 84.2 cm³/mol. The number of hydrogen-bond acceptors (Lipinski definition) is 3. The average Bonchev–Trinajstić information content (AvgIpc) is 2.42. The Bertz CT molecular complexity index is 696. The molecule has 0 radical (unpaired) electrons. The quantitative estimate of drug-likeness (QED) is 0.694. The van der Waals surface area contributed by atoms with Crippen LogP contribution in [0.3, 0.4) is 0 Å². The lowest BCUT2D eigenvalue weighted by Crippen LogP contribution is -2.14. The molecule has 2 rings (SSSR count). The summed E-state index contributed by atoms with van der Waals surface area (Å²) in [6.45, 7) is 0. The molecule has 104 valence electrons. The molecule has 0 bridgehead atoms. The fourth-order valence-corrected chi connectivity index (χ4v) is 2.47. The summed E-state index contributed by atoms with van der Waals surface area (Å²) >= 11 is 26.7. The largest absolute Gasteiger partial charge is 0.320 e. The first-order chi connectivity index (χ1) is 9.40. The van der Waals surface area contributed by atoms with Crippen molar-refractivity contribution in [1.29, 1.82) is 0 Å². The van der Waals surface area contributed by atoms with Crippen molar-refractivity contribution in [3.63, 3.8) is 0 Å². The highest BCUT2D eigenvalue weighted by atomic mass is 79.9. The number of carbonyl (C=O) groups excluding carboxylic acids is 1. The molecule has 0 spiro atoms. The predicted octanol–water partition coefficient (Wildman–Crippen LogP) is 5.11. The van der Waals surface area contributed by atoms with Crippen molar-refractivity contribution in [3.05, 3.63) is 48.6 Å². The minimum atomic E-state index is -0.521. The second-order valence-corrected chi connectivity index (χ2v) is 5.90. The zero-order valence-electron chi connectivity index (χ0n) is 9.42. The van der Waals surface area contributed by atoms with Gasteiger partial charge in [-0.25, -0.2) is 0 Å². The number of halogens is 5. The van der Waals surface area contributed by atoms with Crippen molar-refractivity contribution in [1.82, 2.24) is 10.2 Å². The number of amides is 1. The maximum atomic E-state index is 12.1. The van der Waals surface area contributed by atoms with E-state index in [2.05, 4.69) is 31.4 Å². The topological polar surface area (TPSA) is 54.9 Å². The Balaban J connectivity index is 2.33. The Hall–Kier alpha value is -0.590. The summed E-state index contributed by atoms with van der Waals surface area (Å²) < 4.78 is 0.619. The Labute approximate surface area is 142 Å². The van der Waals surface area contributed by atoms with E-state index in [0.29, 0.717) is 15.2 Å². The van der Waals surface area contributed by atoms with Gasteiger partial charge in [-0.2, -0.15) is 0 Å². The van der Waals surface area contributed by atoms with Crippen LogP contribution in [0, 0.1) is 0 Å². The number of nitrogens with one attached hydrogen (secondary N) is 1. The monoisotopic (exact) mass is 413 g/mol. The Morgan fingerprint density at radius 2 is 1.80 bits per heavy atom. The Morgan fingerprint density at radius 3 is 2.50 bits per heavy atom. The summed E-state index contributed by atoms with van der Waals surface area (Å²) in [6.07, 6.45) is 0. The van der Waals surface area contributed by atoms with Gasteiger partial charge in [0.25, 0.3) is 5.91 Å². The van der Waals surface area contributed by atoms with Crippen LogP contribution in [0.15, 0.2) is 22.7 Å². The summed E-state index contributed by atoms with van der Waals surface area (Å²) in [7, 11) is 0. The fraction of sp³-hybridized carbons (Fsp3) is 0. The van der Waals surface area contributed by atoms with Gasteiger partial charge in [-0.1, -0.05) is 46.4 Å². The van der Waals surface area contributed by atoms with Gasteiger partial charge >= 0.3 is 0 Å². The molecule has 0 saturated heterocycles. The molecule has 0 aliphatic carbocycles. The first-order valence-corrected chi connectivity index (χ1v) is 7.34. The third-order valence-corrected chi connectivity index (χ3v) is 4.48. The molecule has 1 N–H and O–H groups in total. The molecule has 0 unspecified atom stereocenters. The molecule has 0 aliphatic heterocycles. The number of rotatable bonds is 2. The van der Waals surface area contributed by atoms with E-state index in [4.69, 9.17) is 46.4 Å². The second kappa shape index (κ2) is 6.45. The Kier molecular flexibility index (Phi) is 5.09. The first-order valence-electron chi connectivity index (χ1n) is 5.03. The van der Waals surface area contributed by atoms with Crippen molar-refractivity contribution >= 4 is 73.9 Å². The Morgan fingerprint density at radius 1 is 1.10 bits per heavy atom. The lowest BCUT2D eigenvalue weighted by molar-refractivity contribution is 0.102. The molecule has 1 heterocycles. The number of nitrogens with zero attached hydrogens (tertiary/aromatic N) is 2. The summed E-state index contributed by atoms with van der Waals surface area (Å²) in [5.74, 6) is -0.521. The van der Waals surface area contributed by atoms with Crippen LogP contribution in [0.2, 0.25) is 20.4 Å². The minimum Gasteiger partial charge on any atom is -0.320 e. The number of aromatic nitrogens is 2. The van der Waals surface area contributed by atoms with Crippen LogP contribution >= 0.6 is 62.3 Å². The van der Waals surface area contributed by atoms with Crippen LogP contribution in [0.4, 0.5) is 5.69 Å². The smallest absolute Gasteiger partial charge is 0.259 e. The van der Waals surface area contributed by atoms with Gasteiger partial charge in [0.15, 0.2) is 10.3 Å². The lowest BCUT2D eigenvalue weighted by Gasteiger charge is -2.09.